The predicted octanol–water partition coefficient (Wildman–Crippen LogP) is -0.791. The van der Waals surface area contributed by atoms with E-state index in [1.165, 1.54) is 17.4 Å². The van der Waals surface area contributed by atoms with Crippen LogP contribution in [0.3, 0.4) is 0 Å². The van der Waals surface area contributed by atoms with E-state index in [1.807, 2.05) is 19.0 Å². The fourth-order valence-electron chi connectivity index (χ4n) is 1.46. The van der Waals surface area contributed by atoms with Gasteiger partial charge in [0, 0.05) is 20.1 Å². The van der Waals surface area contributed by atoms with Gasteiger partial charge in [-0.25, -0.2) is 4.98 Å². The molecule has 1 heterocycles. The zero-order valence-corrected chi connectivity index (χ0v) is 12.3. The van der Waals surface area contributed by atoms with Gasteiger partial charge in [0.2, 0.25) is 0 Å². The van der Waals surface area contributed by atoms with Gasteiger partial charge in [-0.1, -0.05) is 0 Å². The van der Waals surface area contributed by atoms with Crippen LogP contribution in [0.15, 0.2) is 12.5 Å². The van der Waals surface area contributed by atoms with Crippen molar-refractivity contribution in [1.82, 2.24) is 19.4 Å². The molecular formula is C12H20N4O5. The third-order valence-corrected chi connectivity index (χ3v) is 2.47. The van der Waals surface area contributed by atoms with E-state index in [-0.39, 0.29) is 18.9 Å². The zero-order chi connectivity index (χ0) is 16.4. The second-order valence-corrected chi connectivity index (χ2v) is 4.42. The molecule has 1 aromatic heterocycles. The Morgan fingerprint density at radius 3 is 2.33 bits per heavy atom. The number of aromatic nitrogens is 2. The van der Waals surface area contributed by atoms with Crippen LogP contribution in [0.5, 0.6) is 0 Å². The summed E-state index contributed by atoms with van der Waals surface area (Å²) in [5.74, 6) is -1.34. The van der Waals surface area contributed by atoms with Gasteiger partial charge >= 0.3 is 5.97 Å². The highest BCUT2D eigenvalue weighted by Crippen LogP contribution is 2.03. The summed E-state index contributed by atoms with van der Waals surface area (Å²) in [6.07, 6.45) is 2.95. The summed E-state index contributed by atoms with van der Waals surface area (Å²) in [7, 11) is 5.44. The Bertz CT molecular complexity index is 472. The van der Waals surface area contributed by atoms with Gasteiger partial charge in [-0.15, -0.1) is 0 Å². The van der Waals surface area contributed by atoms with Crippen molar-refractivity contribution in [3.8, 4) is 0 Å². The number of imidazole rings is 1. The van der Waals surface area contributed by atoms with Crippen LogP contribution < -0.4 is 0 Å². The molecule has 1 aromatic rings. The van der Waals surface area contributed by atoms with Crippen molar-refractivity contribution in [2.75, 3.05) is 33.7 Å². The van der Waals surface area contributed by atoms with E-state index >= 15 is 0 Å². The molecule has 0 saturated carbocycles. The lowest BCUT2D eigenvalue weighted by Gasteiger charge is -2.22. The van der Waals surface area contributed by atoms with Gasteiger partial charge in [0.05, 0.1) is 12.5 Å². The highest BCUT2D eigenvalue weighted by Gasteiger charge is 2.20. The first-order chi connectivity index (χ1) is 9.83. The fourth-order valence-corrected chi connectivity index (χ4v) is 1.46. The van der Waals surface area contributed by atoms with Gasteiger partial charge in [-0.2, -0.15) is 0 Å². The van der Waals surface area contributed by atoms with Crippen molar-refractivity contribution in [1.29, 1.82) is 0 Å². The van der Waals surface area contributed by atoms with Crippen molar-refractivity contribution in [3.63, 3.8) is 0 Å². The van der Waals surface area contributed by atoms with Crippen LogP contribution in [0, 0.1) is 0 Å². The van der Waals surface area contributed by atoms with Gasteiger partial charge < -0.3 is 24.6 Å². The van der Waals surface area contributed by atoms with Gasteiger partial charge in [-0.3, -0.25) is 14.4 Å². The average Bonchev–Trinajstić information content (AvgIpc) is 2.80. The van der Waals surface area contributed by atoms with Gasteiger partial charge in [-0.05, 0) is 14.1 Å². The summed E-state index contributed by atoms with van der Waals surface area (Å²) >= 11 is 0. The first-order valence-electron chi connectivity index (χ1n) is 6.03. The number of carbonyl (C=O) groups excluding carboxylic acids is 1. The highest BCUT2D eigenvalue weighted by atomic mass is 16.4. The van der Waals surface area contributed by atoms with Gasteiger partial charge in [0.15, 0.2) is 0 Å². The minimum atomic E-state index is -1.02. The minimum absolute atomic E-state index is 0.250. The van der Waals surface area contributed by atoms with E-state index in [0.717, 1.165) is 0 Å². The third-order valence-electron chi connectivity index (χ3n) is 2.47. The number of aliphatic carboxylic acids is 1. The lowest BCUT2D eigenvalue weighted by atomic mass is 10.3. The van der Waals surface area contributed by atoms with Crippen molar-refractivity contribution in [3.05, 3.63) is 18.2 Å². The summed E-state index contributed by atoms with van der Waals surface area (Å²) in [6.45, 7) is 0.415. The second kappa shape index (κ2) is 9.48. The molecule has 0 spiro atoms. The zero-order valence-electron chi connectivity index (χ0n) is 12.3. The number of aryl methyl sites for hydroxylation is 1. The van der Waals surface area contributed by atoms with Crippen LogP contribution in [-0.2, 0) is 16.6 Å². The number of likely N-dealkylation sites (N-methyl/N-ethyl adjacent to an activating group) is 1. The number of amides is 1. The molecule has 118 valence electrons. The summed E-state index contributed by atoms with van der Waals surface area (Å²) in [5, 5.41) is 15.7. The van der Waals surface area contributed by atoms with Crippen LogP contribution in [0.25, 0.3) is 0 Å². The fraction of sp³-hybridized carbons (Fsp3) is 0.500. The van der Waals surface area contributed by atoms with Gasteiger partial charge in [0.1, 0.15) is 12.2 Å². The lowest BCUT2D eigenvalue weighted by Crippen LogP contribution is -2.40. The predicted molar refractivity (Wildman–Crippen MR) is 74.0 cm³/mol. The average molecular weight is 300 g/mol. The molecule has 0 unspecified atom stereocenters. The van der Waals surface area contributed by atoms with Crippen molar-refractivity contribution in [2.24, 2.45) is 7.05 Å². The summed E-state index contributed by atoms with van der Waals surface area (Å²) in [5.41, 5.74) is 0.384. The van der Waals surface area contributed by atoms with Crippen molar-refractivity contribution in [2.45, 2.75) is 0 Å². The van der Waals surface area contributed by atoms with E-state index in [4.69, 9.17) is 15.0 Å². The largest absolute Gasteiger partial charge is 0.483 e. The Hall–Kier alpha value is -2.42. The molecule has 0 saturated heterocycles. The van der Waals surface area contributed by atoms with Crippen LogP contribution in [0.4, 0.5) is 0 Å². The van der Waals surface area contributed by atoms with Crippen LogP contribution in [0.1, 0.15) is 10.5 Å². The van der Waals surface area contributed by atoms with Crippen LogP contribution in [0.2, 0.25) is 0 Å². The number of rotatable bonds is 6. The normalized spacial score (nSPS) is 9.71. The molecular weight excluding hydrogens is 280 g/mol. The monoisotopic (exact) mass is 300 g/mol. The number of carboxylic acids is 1. The van der Waals surface area contributed by atoms with E-state index in [1.54, 1.807) is 11.6 Å². The quantitative estimate of drug-likeness (QED) is 0.661. The number of hydrogen-bond donors (Lipinski definition) is 2. The summed E-state index contributed by atoms with van der Waals surface area (Å²) in [4.78, 5) is 38.4. The summed E-state index contributed by atoms with van der Waals surface area (Å²) < 4.78 is 1.58. The Morgan fingerprint density at radius 2 is 1.95 bits per heavy atom. The Labute approximate surface area is 122 Å². The summed E-state index contributed by atoms with van der Waals surface area (Å²) in [6, 6.07) is 0. The molecule has 1 rings (SSSR count). The molecule has 9 nitrogen and oxygen atoms in total. The molecule has 0 aliphatic rings. The van der Waals surface area contributed by atoms with Crippen LogP contribution >= 0.6 is 0 Å². The van der Waals surface area contributed by atoms with Crippen molar-refractivity contribution < 1.29 is 24.6 Å². The van der Waals surface area contributed by atoms with E-state index in [9.17, 15) is 9.59 Å². The maximum absolute atomic E-state index is 12.2. The smallest absolute Gasteiger partial charge is 0.323 e. The lowest BCUT2D eigenvalue weighted by molar-refractivity contribution is -0.137. The highest BCUT2D eigenvalue weighted by molar-refractivity contribution is 5.94. The van der Waals surface area contributed by atoms with Crippen LogP contribution in [-0.4, -0.2) is 81.6 Å². The Balaban J connectivity index is 0.00000122. The molecule has 0 radical (unpaired) electrons. The number of hydrogen-bond acceptors (Lipinski definition) is 5. The van der Waals surface area contributed by atoms with E-state index < -0.39 is 5.97 Å². The molecule has 0 aliphatic carbocycles. The first kappa shape index (κ1) is 18.6. The number of nitrogens with zero attached hydrogens (tertiary/aromatic N) is 4. The van der Waals surface area contributed by atoms with Crippen molar-refractivity contribution >= 4 is 18.3 Å². The first-order valence-corrected chi connectivity index (χ1v) is 6.03. The van der Waals surface area contributed by atoms with E-state index in [0.29, 0.717) is 18.8 Å². The second-order valence-electron chi connectivity index (χ2n) is 4.42. The molecule has 0 aromatic carbocycles. The van der Waals surface area contributed by atoms with Gasteiger partial charge in [0.25, 0.3) is 12.4 Å². The minimum Gasteiger partial charge on any atom is -0.483 e. The third kappa shape index (κ3) is 7.06. The molecule has 0 fully saturated rings. The maximum atomic E-state index is 12.2. The Kier molecular flexibility index (Phi) is 8.39. The molecule has 21 heavy (non-hydrogen) atoms. The molecule has 1 amide bonds. The number of carbonyl (C=O) groups is 3. The molecule has 2 N–H and O–H groups in total. The SMILES string of the molecule is CN(C)CCN(CC(=O)O)C(=O)c1cncn1C.O=CO. The molecule has 9 heteroatoms. The molecule has 0 aliphatic heterocycles. The Morgan fingerprint density at radius 1 is 1.38 bits per heavy atom. The molecule has 0 bridgehead atoms. The maximum Gasteiger partial charge on any atom is 0.323 e. The standard InChI is InChI=1S/C11H18N4O3.CH2O2/c1-13(2)4-5-15(7-10(16)17)11(18)9-6-12-8-14(9)3;2-1-3/h6,8H,4-5,7H2,1-3H3,(H,16,17);1H,(H,2,3). The molecule has 0 atom stereocenters. The topological polar surface area (TPSA) is 116 Å². The number of carboxylic acid groups (broad SMARTS) is 2. The van der Waals surface area contributed by atoms with E-state index in [2.05, 4.69) is 4.98 Å².